The number of carbonyl (C=O) groups excluding carboxylic acids is 1. The number of hydrogen-bond acceptors (Lipinski definition) is 7. The number of aryl methyl sites for hydroxylation is 1. The molecular weight excluding hydrogens is 326 g/mol. The lowest BCUT2D eigenvalue weighted by Gasteiger charge is -2.33. The number of amides is 1. The molecule has 8 heteroatoms. The zero-order chi connectivity index (χ0) is 16.8. The van der Waals surface area contributed by atoms with E-state index in [4.69, 9.17) is 4.74 Å². The maximum Gasteiger partial charge on any atom is 0.242 e. The van der Waals surface area contributed by atoms with Crippen LogP contribution in [0.25, 0.3) is 0 Å². The molecule has 2 aromatic heterocycles. The molecule has 0 spiro atoms. The number of aromatic nitrogens is 3. The summed E-state index contributed by atoms with van der Waals surface area (Å²) < 4.78 is 5.40. The number of ether oxygens (including phenoxy) is 1. The molecule has 0 aromatic carbocycles. The van der Waals surface area contributed by atoms with Crippen molar-refractivity contribution in [3.05, 3.63) is 40.1 Å². The summed E-state index contributed by atoms with van der Waals surface area (Å²) in [5, 5.41) is 13.0. The predicted molar refractivity (Wildman–Crippen MR) is 90.7 cm³/mol. The second-order valence-corrected chi connectivity index (χ2v) is 6.86. The highest BCUT2D eigenvalue weighted by molar-refractivity contribution is 7.11. The summed E-state index contributed by atoms with van der Waals surface area (Å²) >= 11 is 1.56. The first-order valence-electron chi connectivity index (χ1n) is 8.02. The lowest BCUT2D eigenvalue weighted by molar-refractivity contribution is -0.128. The van der Waals surface area contributed by atoms with Gasteiger partial charge in [0.25, 0.3) is 0 Å². The SMILES string of the molecule is Cc1nnc(CCNC(=O)[C@H](c2cccnc2)N2CCOCC2)s1. The molecule has 0 unspecified atom stereocenters. The summed E-state index contributed by atoms with van der Waals surface area (Å²) in [4.78, 5) is 19.1. The van der Waals surface area contributed by atoms with Crippen LogP contribution in [-0.2, 0) is 16.0 Å². The quantitative estimate of drug-likeness (QED) is 0.839. The van der Waals surface area contributed by atoms with E-state index >= 15 is 0 Å². The number of nitrogens with zero attached hydrogens (tertiary/aromatic N) is 4. The Morgan fingerprint density at radius 1 is 1.42 bits per heavy atom. The average molecular weight is 347 g/mol. The molecule has 128 valence electrons. The van der Waals surface area contributed by atoms with E-state index in [-0.39, 0.29) is 11.9 Å². The lowest BCUT2D eigenvalue weighted by atomic mass is 10.1. The van der Waals surface area contributed by atoms with Gasteiger partial charge in [0.15, 0.2) is 0 Å². The number of pyridine rings is 1. The summed E-state index contributed by atoms with van der Waals surface area (Å²) in [5.74, 6) is -0.00821. The standard InChI is InChI=1S/C16H21N5O2S/c1-12-19-20-14(24-12)4-6-18-16(22)15(13-3-2-5-17-11-13)21-7-9-23-10-8-21/h2-3,5,11,15H,4,6-10H2,1H3,(H,18,22)/t15-/m0/s1. The first-order chi connectivity index (χ1) is 11.7. The van der Waals surface area contributed by atoms with E-state index < -0.39 is 0 Å². The fourth-order valence-electron chi connectivity index (χ4n) is 2.73. The molecule has 24 heavy (non-hydrogen) atoms. The first kappa shape index (κ1) is 16.9. The van der Waals surface area contributed by atoms with Gasteiger partial charge >= 0.3 is 0 Å². The van der Waals surface area contributed by atoms with Gasteiger partial charge in [-0.3, -0.25) is 14.7 Å². The van der Waals surface area contributed by atoms with Gasteiger partial charge in [0.1, 0.15) is 16.1 Å². The van der Waals surface area contributed by atoms with Crippen LogP contribution in [0.2, 0.25) is 0 Å². The number of rotatable bonds is 6. The van der Waals surface area contributed by atoms with Crippen molar-refractivity contribution in [3.63, 3.8) is 0 Å². The second kappa shape index (κ2) is 8.27. The molecule has 1 saturated heterocycles. The highest BCUT2D eigenvalue weighted by Crippen LogP contribution is 2.21. The van der Waals surface area contributed by atoms with Crippen LogP contribution in [0.15, 0.2) is 24.5 Å². The number of morpholine rings is 1. The van der Waals surface area contributed by atoms with Crippen molar-refractivity contribution in [3.8, 4) is 0 Å². The van der Waals surface area contributed by atoms with Crippen molar-refractivity contribution in [1.82, 2.24) is 25.4 Å². The number of carbonyl (C=O) groups is 1. The molecule has 1 amide bonds. The van der Waals surface area contributed by atoms with E-state index in [0.29, 0.717) is 26.2 Å². The Morgan fingerprint density at radius 2 is 2.25 bits per heavy atom. The topological polar surface area (TPSA) is 80.2 Å². The highest BCUT2D eigenvalue weighted by atomic mass is 32.1. The normalized spacial score (nSPS) is 16.7. The average Bonchev–Trinajstić information content (AvgIpc) is 3.02. The molecule has 2 aromatic rings. The van der Waals surface area contributed by atoms with Crippen LogP contribution >= 0.6 is 11.3 Å². The van der Waals surface area contributed by atoms with E-state index in [1.54, 1.807) is 23.7 Å². The third kappa shape index (κ3) is 4.34. The van der Waals surface area contributed by atoms with Crippen LogP contribution in [0.4, 0.5) is 0 Å². The van der Waals surface area contributed by atoms with Crippen LogP contribution in [0.3, 0.4) is 0 Å². The van der Waals surface area contributed by atoms with Crippen LogP contribution in [-0.4, -0.2) is 58.8 Å². The molecule has 0 saturated carbocycles. The molecule has 1 aliphatic rings. The summed E-state index contributed by atoms with van der Waals surface area (Å²) in [7, 11) is 0. The minimum atomic E-state index is -0.334. The van der Waals surface area contributed by atoms with Crippen LogP contribution in [0.1, 0.15) is 21.6 Å². The van der Waals surface area contributed by atoms with Crippen LogP contribution < -0.4 is 5.32 Å². The summed E-state index contributed by atoms with van der Waals surface area (Å²) in [5.41, 5.74) is 0.906. The van der Waals surface area contributed by atoms with Crippen molar-refractivity contribution in [2.75, 3.05) is 32.8 Å². The van der Waals surface area contributed by atoms with E-state index in [1.807, 2.05) is 19.1 Å². The Morgan fingerprint density at radius 3 is 2.92 bits per heavy atom. The van der Waals surface area contributed by atoms with E-state index in [9.17, 15) is 4.79 Å². The van der Waals surface area contributed by atoms with Gasteiger partial charge in [-0.25, -0.2) is 0 Å². The summed E-state index contributed by atoms with van der Waals surface area (Å²) in [6.07, 6.45) is 4.17. The monoisotopic (exact) mass is 347 g/mol. The fraction of sp³-hybridized carbons (Fsp3) is 0.500. The predicted octanol–water partition coefficient (Wildman–Crippen LogP) is 0.974. The summed E-state index contributed by atoms with van der Waals surface area (Å²) in [6.45, 7) is 5.25. The third-order valence-electron chi connectivity index (χ3n) is 3.87. The number of nitrogens with one attached hydrogen (secondary N) is 1. The van der Waals surface area contributed by atoms with Crippen LogP contribution in [0.5, 0.6) is 0 Å². The zero-order valence-corrected chi connectivity index (χ0v) is 14.5. The van der Waals surface area contributed by atoms with E-state index in [1.165, 1.54) is 0 Å². The highest BCUT2D eigenvalue weighted by Gasteiger charge is 2.29. The van der Waals surface area contributed by atoms with Gasteiger partial charge in [-0.2, -0.15) is 0 Å². The molecule has 0 bridgehead atoms. The Balaban J connectivity index is 1.64. The molecule has 1 N–H and O–H groups in total. The molecule has 1 atom stereocenters. The zero-order valence-electron chi connectivity index (χ0n) is 13.6. The van der Waals surface area contributed by atoms with Gasteiger partial charge in [0.05, 0.1) is 13.2 Å². The van der Waals surface area contributed by atoms with Gasteiger partial charge in [-0.1, -0.05) is 6.07 Å². The molecular formula is C16H21N5O2S. The minimum Gasteiger partial charge on any atom is -0.379 e. The Hall–Kier alpha value is -1.90. The Bertz CT molecular complexity index is 657. The molecule has 7 nitrogen and oxygen atoms in total. The van der Waals surface area contributed by atoms with Gasteiger partial charge in [-0.15, -0.1) is 21.5 Å². The van der Waals surface area contributed by atoms with Gasteiger partial charge < -0.3 is 10.1 Å². The molecule has 3 rings (SSSR count). The summed E-state index contributed by atoms with van der Waals surface area (Å²) in [6, 6.07) is 3.47. The smallest absolute Gasteiger partial charge is 0.242 e. The van der Waals surface area contributed by atoms with Crippen molar-refractivity contribution < 1.29 is 9.53 Å². The largest absolute Gasteiger partial charge is 0.379 e. The van der Waals surface area contributed by atoms with Crippen molar-refractivity contribution in [2.45, 2.75) is 19.4 Å². The Kier molecular flexibility index (Phi) is 5.84. The Labute approximate surface area is 145 Å². The fourth-order valence-corrected chi connectivity index (χ4v) is 3.44. The van der Waals surface area contributed by atoms with Gasteiger partial charge in [0, 0.05) is 38.4 Å². The van der Waals surface area contributed by atoms with Crippen molar-refractivity contribution in [2.24, 2.45) is 0 Å². The van der Waals surface area contributed by atoms with Crippen molar-refractivity contribution >= 4 is 17.2 Å². The van der Waals surface area contributed by atoms with Gasteiger partial charge in [-0.05, 0) is 18.6 Å². The molecule has 1 fully saturated rings. The molecule has 3 heterocycles. The number of hydrogen-bond donors (Lipinski definition) is 1. The first-order valence-corrected chi connectivity index (χ1v) is 8.84. The second-order valence-electron chi connectivity index (χ2n) is 5.59. The van der Waals surface area contributed by atoms with E-state index in [0.717, 1.165) is 28.7 Å². The van der Waals surface area contributed by atoms with E-state index in [2.05, 4.69) is 25.4 Å². The maximum absolute atomic E-state index is 12.8. The maximum atomic E-state index is 12.8. The molecule has 1 aliphatic heterocycles. The molecule has 0 aliphatic carbocycles. The lowest BCUT2D eigenvalue weighted by Crippen LogP contribution is -2.46. The van der Waals surface area contributed by atoms with Crippen molar-refractivity contribution in [1.29, 1.82) is 0 Å². The molecule has 0 radical (unpaired) electrons. The third-order valence-corrected chi connectivity index (χ3v) is 4.76. The minimum absolute atomic E-state index is 0.00821. The van der Waals surface area contributed by atoms with Gasteiger partial charge in [0.2, 0.25) is 5.91 Å². The van der Waals surface area contributed by atoms with Crippen LogP contribution in [0, 0.1) is 6.92 Å².